The Kier molecular flexibility index (Phi) is 11.7. The maximum Gasteiger partial charge on any atom is 0.331 e. The second-order valence-corrected chi connectivity index (χ2v) is 12.9. The highest BCUT2D eigenvalue weighted by molar-refractivity contribution is 5.89. The fourth-order valence-corrected chi connectivity index (χ4v) is 6.38. The average Bonchev–Trinajstić information content (AvgIpc) is 3.17. The maximum absolute atomic E-state index is 13.5. The lowest BCUT2D eigenvalue weighted by atomic mass is 9.89. The highest BCUT2D eigenvalue weighted by atomic mass is 16.7. The number of phenols is 4. The van der Waals surface area contributed by atoms with Crippen molar-refractivity contribution in [3.05, 3.63) is 76.0 Å². The third-order valence-electron chi connectivity index (χ3n) is 9.37. The summed E-state index contributed by atoms with van der Waals surface area (Å²) in [5.74, 6) is -3.82. The van der Waals surface area contributed by atoms with Gasteiger partial charge in [0.05, 0.1) is 25.9 Å². The number of ether oxygens (including phenoxy) is 5. The van der Waals surface area contributed by atoms with E-state index in [0.29, 0.717) is 5.56 Å². The molecule has 11 N–H and O–H groups in total. The zero-order valence-corrected chi connectivity index (χ0v) is 29.1. The van der Waals surface area contributed by atoms with Crippen LogP contribution in [0.25, 0.3) is 28.4 Å². The molecule has 4 aromatic rings. The molecular weight excluding hydrogens is 748 g/mol. The minimum atomic E-state index is -1.94. The van der Waals surface area contributed by atoms with Crippen LogP contribution in [0.5, 0.6) is 34.5 Å². The second kappa shape index (κ2) is 16.3. The van der Waals surface area contributed by atoms with Gasteiger partial charge in [0.15, 0.2) is 34.5 Å². The molecule has 0 bridgehead atoms. The number of rotatable bonds is 10. The van der Waals surface area contributed by atoms with Crippen LogP contribution in [0.2, 0.25) is 0 Å². The molecule has 19 nitrogen and oxygen atoms in total. The molecule has 2 aliphatic heterocycles. The molecule has 0 aliphatic carbocycles. The van der Waals surface area contributed by atoms with E-state index >= 15 is 0 Å². The Labute approximate surface area is 315 Å². The maximum atomic E-state index is 13.5. The minimum Gasteiger partial charge on any atom is -0.507 e. The van der Waals surface area contributed by atoms with Crippen molar-refractivity contribution in [2.75, 3.05) is 20.3 Å². The summed E-state index contributed by atoms with van der Waals surface area (Å²) in [7, 11) is 1.33. The van der Waals surface area contributed by atoms with Crippen molar-refractivity contribution in [3.63, 3.8) is 0 Å². The van der Waals surface area contributed by atoms with Crippen molar-refractivity contribution in [2.24, 2.45) is 0 Å². The van der Waals surface area contributed by atoms with Crippen molar-refractivity contribution in [2.45, 2.75) is 61.2 Å². The summed E-state index contributed by atoms with van der Waals surface area (Å²) >= 11 is 0. The smallest absolute Gasteiger partial charge is 0.331 e. The molecule has 2 fully saturated rings. The van der Waals surface area contributed by atoms with Crippen molar-refractivity contribution in [3.8, 4) is 45.8 Å². The molecule has 0 unspecified atom stereocenters. The molecule has 300 valence electrons. The first-order valence-corrected chi connectivity index (χ1v) is 16.9. The number of aliphatic hydroxyl groups is 7. The average molecular weight is 787 g/mol. The lowest BCUT2D eigenvalue weighted by Crippen LogP contribution is -2.60. The number of aromatic hydroxyl groups is 4. The van der Waals surface area contributed by atoms with Crippen LogP contribution in [0.4, 0.5) is 0 Å². The van der Waals surface area contributed by atoms with Crippen molar-refractivity contribution in [1.29, 1.82) is 0 Å². The number of carbonyl (C=O) groups excluding carboxylic acids is 1. The van der Waals surface area contributed by atoms with Crippen LogP contribution in [-0.4, -0.2) is 138 Å². The lowest BCUT2D eigenvalue weighted by molar-refractivity contribution is -0.277. The highest BCUT2D eigenvalue weighted by Crippen LogP contribution is 2.46. The molecule has 19 heteroatoms. The third kappa shape index (κ3) is 7.67. The van der Waals surface area contributed by atoms with Crippen molar-refractivity contribution >= 4 is 23.0 Å². The Hall–Kier alpha value is -5.48. The summed E-state index contributed by atoms with van der Waals surface area (Å²) in [6, 6.07) is 9.68. The van der Waals surface area contributed by atoms with E-state index in [0.717, 1.165) is 24.3 Å². The van der Waals surface area contributed by atoms with Gasteiger partial charge < -0.3 is 84.3 Å². The van der Waals surface area contributed by atoms with Gasteiger partial charge in [-0.25, -0.2) is 4.79 Å². The van der Waals surface area contributed by atoms with Crippen molar-refractivity contribution in [1.82, 2.24) is 0 Å². The molecule has 3 heterocycles. The zero-order chi connectivity index (χ0) is 40.6. The number of hydrogen-bond donors (Lipinski definition) is 11. The Bertz CT molecular complexity index is 2160. The highest BCUT2D eigenvalue weighted by Gasteiger charge is 2.49. The topological polar surface area (TPSA) is 316 Å². The molecule has 56 heavy (non-hydrogen) atoms. The first-order chi connectivity index (χ1) is 26.7. The van der Waals surface area contributed by atoms with Gasteiger partial charge in [-0.05, 0) is 42.0 Å². The van der Waals surface area contributed by atoms with E-state index in [1.807, 2.05) is 0 Å². The molecule has 10 atom stereocenters. The summed E-state index contributed by atoms with van der Waals surface area (Å²) < 4.78 is 32.8. The number of fused-ring (bicyclic) bond motifs is 1. The standard InChI is InChI=1S/C37H38O19/c1-51-22-8-14(2-5-16(22)40)3-7-26(44)56-36-33(49)30(46)24(12-38)53-35(36)28-19(43)11-23-27(31(28)47)18(42)10-21(52-23)15-4-6-20(17(41)9-15)54-37-34(50)32(48)29(45)25(13-39)55-37/h2-11,24-25,29-30,32-41,43,45-50H,12-13H2,1H3/t24-,25-,29-,30-,32+,33+,34-,35+,36-,37-/m1/s1. The van der Waals surface area contributed by atoms with Gasteiger partial charge in [0, 0.05) is 23.8 Å². The fourth-order valence-electron chi connectivity index (χ4n) is 6.38. The second-order valence-electron chi connectivity index (χ2n) is 12.9. The predicted molar refractivity (Wildman–Crippen MR) is 188 cm³/mol. The van der Waals surface area contributed by atoms with E-state index in [9.17, 15) is 65.8 Å². The van der Waals surface area contributed by atoms with E-state index in [2.05, 4.69) is 0 Å². The molecule has 0 radical (unpaired) electrons. The van der Waals surface area contributed by atoms with E-state index < -0.39 is 114 Å². The molecular formula is C37H38O19. The van der Waals surface area contributed by atoms with Crippen LogP contribution in [-0.2, 0) is 19.0 Å². The summed E-state index contributed by atoms with van der Waals surface area (Å²) in [5, 5.41) is 114. The van der Waals surface area contributed by atoms with Gasteiger partial charge in [-0.15, -0.1) is 0 Å². The number of methoxy groups -OCH3 is 1. The minimum absolute atomic E-state index is 0.0787. The van der Waals surface area contributed by atoms with Gasteiger partial charge in [0.2, 0.25) is 6.29 Å². The number of carbonyl (C=O) groups is 1. The molecule has 2 aliphatic rings. The van der Waals surface area contributed by atoms with Crippen LogP contribution in [0, 0.1) is 0 Å². The van der Waals surface area contributed by atoms with Crippen LogP contribution >= 0.6 is 0 Å². The van der Waals surface area contributed by atoms with Crippen LogP contribution in [0.1, 0.15) is 17.2 Å². The zero-order valence-electron chi connectivity index (χ0n) is 29.1. The lowest BCUT2D eigenvalue weighted by Gasteiger charge is -2.42. The number of esters is 1. The monoisotopic (exact) mass is 786 g/mol. The first-order valence-electron chi connectivity index (χ1n) is 16.9. The fraction of sp³-hybridized carbons (Fsp3) is 0.351. The summed E-state index contributed by atoms with van der Waals surface area (Å²) in [4.78, 5) is 26.5. The summed E-state index contributed by atoms with van der Waals surface area (Å²) in [6.07, 6.45) is -14.6. The van der Waals surface area contributed by atoms with Gasteiger partial charge in [-0.3, -0.25) is 4.79 Å². The third-order valence-corrected chi connectivity index (χ3v) is 9.37. The number of hydrogen-bond acceptors (Lipinski definition) is 19. The van der Waals surface area contributed by atoms with Crippen LogP contribution in [0.3, 0.4) is 0 Å². The SMILES string of the molecule is COc1cc(C=CC(=O)O[C@@H]2[C@@H](O)[C@H](O)[C@@H](CO)O[C@H]2c2c(O)cc3oc(-c4ccc(O[C@@H]5O[C@H](CO)[C@@H](O)[C@H](O)[C@H]5O)c(O)c4)cc(=O)c3c2O)ccc1O. The van der Waals surface area contributed by atoms with Gasteiger partial charge >= 0.3 is 5.97 Å². The van der Waals surface area contributed by atoms with Crippen LogP contribution < -0.4 is 14.9 Å². The normalized spacial score (nSPS) is 28.0. The molecule has 1 aromatic heterocycles. The molecule has 0 spiro atoms. The quantitative estimate of drug-likeness (QED) is 0.0696. The number of benzene rings is 3. The molecule has 0 saturated carbocycles. The molecule has 6 rings (SSSR count). The number of aliphatic hydroxyl groups excluding tert-OH is 7. The molecule has 3 aromatic carbocycles. The Morgan fingerprint density at radius 3 is 2.14 bits per heavy atom. The van der Waals surface area contributed by atoms with E-state index in [1.54, 1.807) is 0 Å². The molecule has 0 amide bonds. The Morgan fingerprint density at radius 1 is 0.768 bits per heavy atom. The first kappa shape index (κ1) is 40.2. The molecule has 2 saturated heterocycles. The van der Waals surface area contributed by atoms with E-state index in [1.165, 1.54) is 43.5 Å². The van der Waals surface area contributed by atoms with Gasteiger partial charge in [-0.1, -0.05) is 6.07 Å². The van der Waals surface area contributed by atoms with Crippen LogP contribution in [0.15, 0.2) is 63.8 Å². The summed E-state index contributed by atoms with van der Waals surface area (Å²) in [6.45, 7) is -1.56. The summed E-state index contributed by atoms with van der Waals surface area (Å²) in [5.41, 5.74) is -1.33. The predicted octanol–water partition coefficient (Wildman–Crippen LogP) is -0.751. The van der Waals surface area contributed by atoms with E-state index in [4.69, 9.17) is 28.1 Å². The Morgan fingerprint density at radius 2 is 1.46 bits per heavy atom. The Balaban J connectivity index is 1.29. The number of phenolic OH excluding ortho intramolecular Hbond substituents is 4. The van der Waals surface area contributed by atoms with Crippen molar-refractivity contribution < 1.29 is 89.1 Å². The van der Waals surface area contributed by atoms with Gasteiger partial charge in [0.25, 0.3) is 0 Å². The van der Waals surface area contributed by atoms with Gasteiger partial charge in [-0.2, -0.15) is 0 Å². The van der Waals surface area contributed by atoms with E-state index in [-0.39, 0.29) is 34.2 Å². The van der Waals surface area contributed by atoms with Gasteiger partial charge in [0.1, 0.15) is 77.1 Å². The largest absolute Gasteiger partial charge is 0.507 e.